The molecule has 0 spiro atoms. The number of carbonyl (C=O) groups excluding carboxylic acids is 4. The van der Waals surface area contributed by atoms with Gasteiger partial charge < -0.3 is 18.9 Å². The molecule has 6 atom stereocenters. The van der Waals surface area contributed by atoms with E-state index in [0.29, 0.717) is 6.42 Å². The van der Waals surface area contributed by atoms with Crippen LogP contribution in [0, 0.1) is 34.5 Å². The highest BCUT2D eigenvalue weighted by Gasteiger charge is 2.85. The summed E-state index contributed by atoms with van der Waals surface area (Å²) in [6.07, 6.45) is 0.914. The molecule has 0 amide bonds. The van der Waals surface area contributed by atoms with E-state index in [9.17, 15) is 19.2 Å². The van der Waals surface area contributed by atoms with Crippen molar-refractivity contribution in [1.82, 2.24) is 0 Å². The minimum atomic E-state index is -1.22. The van der Waals surface area contributed by atoms with Gasteiger partial charge in [-0.1, -0.05) is 11.1 Å². The molecule has 0 radical (unpaired) electrons. The first-order chi connectivity index (χ1) is 14.7. The van der Waals surface area contributed by atoms with E-state index in [0.717, 1.165) is 22.3 Å². The third-order valence-corrected chi connectivity index (χ3v) is 8.48. The van der Waals surface area contributed by atoms with Crippen LogP contribution in [0.25, 0.3) is 0 Å². The zero-order valence-corrected chi connectivity index (χ0v) is 18.7. The quantitative estimate of drug-likeness (QED) is 0.377. The van der Waals surface area contributed by atoms with Crippen LogP contribution in [-0.2, 0) is 38.1 Å². The SMILES string of the molecule is COC(=O)[C@H]1CC2=C(C[C@H]1C(=O)OC)[C@]1(C(=O)OC)[C@@H]3C[C@@H](C(C)=C3C)[C@]21C(=O)OC. The maximum Gasteiger partial charge on any atom is 0.318 e. The first-order valence-corrected chi connectivity index (χ1v) is 10.4. The molecule has 0 heterocycles. The van der Waals surface area contributed by atoms with Gasteiger partial charge in [0, 0.05) is 11.8 Å². The van der Waals surface area contributed by atoms with E-state index in [1.54, 1.807) is 0 Å². The molecule has 0 aromatic heterocycles. The molecule has 2 bridgehead atoms. The predicted octanol–water partition coefficient (Wildman–Crippen LogP) is 1.97. The highest BCUT2D eigenvalue weighted by Crippen LogP contribution is 2.82. The molecule has 0 aromatic carbocycles. The van der Waals surface area contributed by atoms with Crippen LogP contribution in [0.1, 0.15) is 33.1 Å². The van der Waals surface area contributed by atoms with Crippen molar-refractivity contribution in [3.8, 4) is 0 Å². The third-order valence-electron chi connectivity index (χ3n) is 8.48. The summed E-state index contributed by atoms with van der Waals surface area (Å²) >= 11 is 0. The Kier molecular flexibility index (Phi) is 4.83. The molecule has 0 unspecified atom stereocenters. The Morgan fingerprint density at radius 1 is 0.677 bits per heavy atom. The predicted molar refractivity (Wildman–Crippen MR) is 106 cm³/mol. The van der Waals surface area contributed by atoms with E-state index < -0.39 is 46.5 Å². The van der Waals surface area contributed by atoms with Crippen LogP contribution in [0.5, 0.6) is 0 Å². The van der Waals surface area contributed by atoms with Crippen LogP contribution in [0.15, 0.2) is 22.3 Å². The van der Waals surface area contributed by atoms with Gasteiger partial charge in [-0.3, -0.25) is 19.2 Å². The lowest BCUT2D eigenvalue weighted by molar-refractivity contribution is -0.182. The van der Waals surface area contributed by atoms with Gasteiger partial charge in [0.15, 0.2) is 0 Å². The van der Waals surface area contributed by atoms with Crippen LogP contribution < -0.4 is 0 Å². The molecule has 4 aliphatic carbocycles. The van der Waals surface area contributed by atoms with Crippen LogP contribution in [0.2, 0.25) is 0 Å². The topological polar surface area (TPSA) is 105 Å². The molecule has 168 valence electrons. The number of allylic oxidation sites excluding steroid dienone is 2. The standard InChI is InChI=1S/C23H28O8/c1-10-11(2)15-9-14(10)22(20(26)30-5)16-7-12(18(24)28-3)13(19(25)29-4)8-17(16)23(15,22)21(27)31-6/h12-15H,7-9H2,1-6H3/t12-,13+,14-,15+,22+,23-. The first kappa shape index (κ1) is 21.6. The second-order valence-corrected chi connectivity index (χ2v) is 8.93. The molecule has 0 N–H and O–H groups in total. The summed E-state index contributed by atoms with van der Waals surface area (Å²) in [6.45, 7) is 3.98. The fourth-order valence-corrected chi connectivity index (χ4v) is 7.27. The highest BCUT2D eigenvalue weighted by atomic mass is 16.5. The lowest BCUT2D eigenvalue weighted by Gasteiger charge is -2.62. The Morgan fingerprint density at radius 2 is 1.03 bits per heavy atom. The van der Waals surface area contributed by atoms with Gasteiger partial charge in [-0.15, -0.1) is 0 Å². The van der Waals surface area contributed by atoms with E-state index in [1.807, 2.05) is 13.8 Å². The average Bonchev–Trinajstić information content (AvgIpc) is 3.22. The molecule has 8 heteroatoms. The van der Waals surface area contributed by atoms with Gasteiger partial charge in [-0.2, -0.15) is 0 Å². The number of rotatable bonds is 4. The highest BCUT2D eigenvalue weighted by molar-refractivity contribution is 6.02. The Balaban J connectivity index is 1.97. The lowest BCUT2D eigenvalue weighted by atomic mass is 9.37. The first-order valence-electron chi connectivity index (χ1n) is 10.4. The van der Waals surface area contributed by atoms with Gasteiger partial charge in [0.2, 0.25) is 0 Å². The molecule has 4 aliphatic rings. The van der Waals surface area contributed by atoms with Crippen molar-refractivity contribution in [2.75, 3.05) is 28.4 Å². The zero-order valence-electron chi connectivity index (χ0n) is 18.7. The van der Waals surface area contributed by atoms with Crippen molar-refractivity contribution >= 4 is 23.9 Å². The Hall–Kier alpha value is -2.64. The van der Waals surface area contributed by atoms with E-state index in [2.05, 4.69) is 0 Å². The number of carbonyl (C=O) groups is 4. The molecule has 0 aromatic rings. The molecule has 8 nitrogen and oxygen atoms in total. The Bertz CT molecular complexity index is 885. The van der Waals surface area contributed by atoms with Gasteiger partial charge in [-0.05, 0) is 44.3 Å². The average molecular weight is 432 g/mol. The summed E-state index contributed by atoms with van der Waals surface area (Å²) in [5.41, 5.74) is 1.16. The third kappa shape index (κ3) is 2.16. The number of ether oxygens (including phenoxy) is 4. The van der Waals surface area contributed by atoms with Gasteiger partial charge in [0.25, 0.3) is 0 Å². The molecule has 1 fully saturated rings. The molecule has 31 heavy (non-hydrogen) atoms. The maximum absolute atomic E-state index is 13.4. The number of fused-ring (bicyclic) bond motifs is 7. The fourth-order valence-electron chi connectivity index (χ4n) is 7.27. The molecular formula is C23H28O8. The van der Waals surface area contributed by atoms with Crippen molar-refractivity contribution in [3.63, 3.8) is 0 Å². The molecule has 4 rings (SSSR count). The second kappa shape index (κ2) is 6.93. The largest absolute Gasteiger partial charge is 0.469 e. The molecule has 0 aliphatic heterocycles. The zero-order chi connectivity index (χ0) is 22.9. The van der Waals surface area contributed by atoms with E-state index >= 15 is 0 Å². The normalized spacial score (nSPS) is 37.5. The second-order valence-electron chi connectivity index (χ2n) is 8.93. The van der Waals surface area contributed by atoms with E-state index in [4.69, 9.17) is 18.9 Å². The summed E-state index contributed by atoms with van der Waals surface area (Å²) in [5, 5.41) is 0. The molecule has 0 saturated heterocycles. The fraction of sp³-hybridized carbons (Fsp3) is 0.652. The van der Waals surface area contributed by atoms with Crippen LogP contribution >= 0.6 is 0 Å². The minimum Gasteiger partial charge on any atom is -0.469 e. The number of hydrogen-bond acceptors (Lipinski definition) is 8. The summed E-state index contributed by atoms with van der Waals surface area (Å²) in [6, 6.07) is 0. The summed E-state index contributed by atoms with van der Waals surface area (Å²) in [7, 11) is 5.16. The van der Waals surface area contributed by atoms with Crippen molar-refractivity contribution in [2.45, 2.75) is 33.1 Å². The van der Waals surface area contributed by atoms with Crippen molar-refractivity contribution in [2.24, 2.45) is 34.5 Å². The summed E-state index contributed by atoms with van der Waals surface area (Å²) < 4.78 is 20.5. The van der Waals surface area contributed by atoms with Crippen LogP contribution in [-0.4, -0.2) is 52.3 Å². The lowest BCUT2D eigenvalue weighted by Crippen LogP contribution is -2.67. The number of hydrogen-bond donors (Lipinski definition) is 0. The summed E-state index contributed by atoms with van der Waals surface area (Å²) in [4.78, 5) is 52.1. The monoisotopic (exact) mass is 432 g/mol. The maximum atomic E-state index is 13.4. The van der Waals surface area contributed by atoms with Crippen LogP contribution in [0.3, 0.4) is 0 Å². The smallest absolute Gasteiger partial charge is 0.318 e. The summed E-state index contributed by atoms with van der Waals surface area (Å²) in [5.74, 6) is -4.07. The van der Waals surface area contributed by atoms with Gasteiger partial charge in [0.1, 0.15) is 10.8 Å². The van der Waals surface area contributed by atoms with E-state index in [1.165, 1.54) is 28.4 Å². The Morgan fingerprint density at radius 3 is 1.32 bits per heavy atom. The van der Waals surface area contributed by atoms with E-state index in [-0.39, 0.29) is 24.7 Å². The van der Waals surface area contributed by atoms with Crippen LogP contribution in [0.4, 0.5) is 0 Å². The molecule has 1 saturated carbocycles. The van der Waals surface area contributed by atoms with Gasteiger partial charge >= 0.3 is 23.9 Å². The van der Waals surface area contributed by atoms with Crippen molar-refractivity contribution in [3.05, 3.63) is 22.3 Å². The van der Waals surface area contributed by atoms with Crippen molar-refractivity contribution in [1.29, 1.82) is 0 Å². The van der Waals surface area contributed by atoms with Gasteiger partial charge in [0.05, 0.1) is 40.3 Å². The Labute approximate surface area is 180 Å². The number of methoxy groups -OCH3 is 4. The molecular weight excluding hydrogens is 404 g/mol. The van der Waals surface area contributed by atoms with Gasteiger partial charge in [-0.25, -0.2) is 0 Å². The minimum absolute atomic E-state index is 0.144. The number of esters is 4. The van der Waals surface area contributed by atoms with Crippen molar-refractivity contribution < 1.29 is 38.1 Å².